The zero-order valence-corrected chi connectivity index (χ0v) is 11.8. The van der Waals surface area contributed by atoms with Crippen LogP contribution in [0.15, 0.2) is 36.4 Å². The highest BCUT2D eigenvalue weighted by atomic mass is 16.7. The zero-order valence-electron chi connectivity index (χ0n) is 11.8. The number of benzene rings is 2. The molecule has 0 bridgehead atoms. The first-order valence-corrected chi connectivity index (χ1v) is 7.23. The van der Waals surface area contributed by atoms with Gasteiger partial charge in [0.05, 0.1) is 6.61 Å². The van der Waals surface area contributed by atoms with Crippen LogP contribution in [0.1, 0.15) is 31.4 Å². The fourth-order valence-electron chi connectivity index (χ4n) is 2.38. The summed E-state index contributed by atoms with van der Waals surface area (Å²) in [4.78, 5) is 0. The van der Waals surface area contributed by atoms with Crippen LogP contribution in [-0.2, 0) is 4.74 Å². The van der Waals surface area contributed by atoms with Crippen LogP contribution in [0.4, 0.5) is 0 Å². The summed E-state index contributed by atoms with van der Waals surface area (Å²) < 4.78 is 11.5. The number of ether oxygens (including phenoxy) is 2. The van der Waals surface area contributed by atoms with Crippen molar-refractivity contribution in [2.75, 3.05) is 13.4 Å². The van der Waals surface area contributed by atoms with Crippen molar-refractivity contribution >= 4 is 10.8 Å². The maximum Gasteiger partial charge on any atom is 0.189 e. The van der Waals surface area contributed by atoms with Gasteiger partial charge in [0.1, 0.15) is 5.75 Å². The molecule has 20 heavy (non-hydrogen) atoms. The molecular formula is C17H21NO2. The minimum Gasteiger partial charge on any atom is -0.467 e. The molecule has 0 saturated heterocycles. The summed E-state index contributed by atoms with van der Waals surface area (Å²) in [5.74, 6) is 1.60. The van der Waals surface area contributed by atoms with Crippen LogP contribution >= 0.6 is 0 Å². The Morgan fingerprint density at radius 3 is 2.75 bits per heavy atom. The lowest BCUT2D eigenvalue weighted by atomic mass is 10.0. The van der Waals surface area contributed by atoms with Crippen molar-refractivity contribution in [1.82, 2.24) is 0 Å². The van der Waals surface area contributed by atoms with Crippen molar-refractivity contribution in [3.63, 3.8) is 0 Å². The molecular weight excluding hydrogens is 250 g/mol. The second-order valence-electron chi connectivity index (χ2n) is 5.57. The first-order chi connectivity index (χ1) is 9.75. The maximum atomic E-state index is 6.05. The van der Waals surface area contributed by atoms with Crippen LogP contribution in [0.25, 0.3) is 10.8 Å². The first-order valence-electron chi connectivity index (χ1n) is 7.23. The molecule has 1 aliphatic rings. The predicted octanol–water partition coefficient (Wildman–Crippen LogP) is 3.62. The van der Waals surface area contributed by atoms with Gasteiger partial charge < -0.3 is 15.2 Å². The van der Waals surface area contributed by atoms with E-state index in [1.807, 2.05) is 25.1 Å². The van der Waals surface area contributed by atoms with Crippen molar-refractivity contribution in [2.45, 2.75) is 25.8 Å². The summed E-state index contributed by atoms with van der Waals surface area (Å²) >= 11 is 0. The Bertz CT molecular complexity index is 591. The van der Waals surface area contributed by atoms with E-state index in [0.29, 0.717) is 6.79 Å². The Kier molecular flexibility index (Phi) is 3.90. The van der Waals surface area contributed by atoms with Gasteiger partial charge in [-0.15, -0.1) is 0 Å². The molecule has 0 aliphatic heterocycles. The van der Waals surface area contributed by atoms with Crippen molar-refractivity contribution < 1.29 is 9.47 Å². The van der Waals surface area contributed by atoms with Gasteiger partial charge in [0.25, 0.3) is 0 Å². The van der Waals surface area contributed by atoms with Crippen LogP contribution < -0.4 is 10.5 Å². The molecule has 3 rings (SSSR count). The highest BCUT2D eigenvalue weighted by Gasteiger charge is 2.21. The topological polar surface area (TPSA) is 44.5 Å². The van der Waals surface area contributed by atoms with Crippen molar-refractivity contribution in [1.29, 1.82) is 0 Å². The smallest absolute Gasteiger partial charge is 0.189 e. The van der Waals surface area contributed by atoms with E-state index < -0.39 is 0 Å². The Labute approximate surface area is 119 Å². The quantitative estimate of drug-likeness (QED) is 0.644. The second-order valence-corrected chi connectivity index (χ2v) is 5.57. The van der Waals surface area contributed by atoms with Crippen molar-refractivity contribution in [2.24, 2.45) is 11.7 Å². The standard InChI is InChI=1S/C17H21NO2/c1-12(18)15-9-8-14-4-2-3-5-16(14)17(15)20-11-19-10-13-6-7-13/h2-5,8-9,12-13H,6-7,10-11,18H2,1H3. The number of rotatable bonds is 6. The average molecular weight is 271 g/mol. The Hall–Kier alpha value is -1.58. The monoisotopic (exact) mass is 271 g/mol. The molecule has 0 amide bonds. The van der Waals surface area contributed by atoms with E-state index in [4.69, 9.17) is 15.2 Å². The molecule has 0 radical (unpaired) electrons. The van der Waals surface area contributed by atoms with Crippen LogP contribution in [0.2, 0.25) is 0 Å². The highest BCUT2D eigenvalue weighted by molar-refractivity contribution is 5.89. The van der Waals surface area contributed by atoms with Gasteiger partial charge >= 0.3 is 0 Å². The molecule has 0 aromatic heterocycles. The Morgan fingerprint density at radius 1 is 1.20 bits per heavy atom. The molecule has 1 fully saturated rings. The van der Waals surface area contributed by atoms with Gasteiger partial charge in [-0.05, 0) is 31.1 Å². The molecule has 0 spiro atoms. The molecule has 2 aromatic carbocycles. The third-order valence-corrected chi connectivity index (χ3v) is 3.74. The fourth-order valence-corrected chi connectivity index (χ4v) is 2.38. The summed E-state index contributed by atoms with van der Waals surface area (Å²) in [7, 11) is 0. The summed E-state index contributed by atoms with van der Waals surface area (Å²) in [6.45, 7) is 3.07. The predicted molar refractivity (Wildman–Crippen MR) is 80.7 cm³/mol. The van der Waals surface area contributed by atoms with E-state index in [1.165, 1.54) is 12.8 Å². The van der Waals surface area contributed by atoms with Crippen molar-refractivity contribution in [3.05, 3.63) is 42.0 Å². The van der Waals surface area contributed by atoms with Crippen LogP contribution in [-0.4, -0.2) is 13.4 Å². The van der Waals surface area contributed by atoms with Crippen LogP contribution in [0.3, 0.4) is 0 Å². The van der Waals surface area contributed by atoms with Gasteiger partial charge in [-0.3, -0.25) is 0 Å². The molecule has 3 nitrogen and oxygen atoms in total. The minimum atomic E-state index is -0.0574. The summed E-state index contributed by atoms with van der Waals surface area (Å²) in [5, 5.41) is 2.26. The number of hydrogen-bond acceptors (Lipinski definition) is 3. The van der Waals surface area contributed by atoms with Gasteiger partial charge in [-0.1, -0.05) is 36.4 Å². The Morgan fingerprint density at radius 2 is 2.00 bits per heavy atom. The lowest BCUT2D eigenvalue weighted by Gasteiger charge is -2.16. The molecule has 2 N–H and O–H groups in total. The zero-order chi connectivity index (χ0) is 13.9. The van der Waals surface area contributed by atoms with Gasteiger partial charge in [0.2, 0.25) is 0 Å². The summed E-state index contributed by atoms with van der Waals surface area (Å²) in [5.41, 5.74) is 7.07. The maximum absolute atomic E-state index is 6.05. The molecule has 3 heteroatoms. The van der Waals surface area contributed by atoms with E-state index in [9.17, 15) is 0 Å². The normalized spacial score (nSPS) is 16.3. The first kappa shape index (κ1) is 13.4. The lowest BCUT2D eigenvalue weighted by molar-refractivity contribution is 0.0102. The van der Waals surface area contributed by atoms with E-state index in [2.05, 4.69) is 18.2 Å². The van der Waals surface area contributed by atoms with E-state index >= 15 is 0 Å². The van der Waals surface area contributed by atoms with Gasteiger partial charge in [0.15, 0.2) is 6.79 Å². The van der Waals surface area contributed by atoms with E-state index in [-0.39, 0.29) is 6.04 Å². The molecule has 1 atom stereocenters. The molecule has 2 aromatic rings. The van der Waals surface area contributed by atoms with E-state index in [0.717, 1.165) is 34.6 Å². The van der Waals surface area contributed by atoms with Gasteiger partial charge in [-0.25, -0.2) is 0 Å². The minimum absolute atomic E-state index is 0.0574. The molecule has 1 saturated carbocycles. The number of fused-ring (bicyclic) bond motifs is 1. The van der Waals surface area contributed by atoms with Gasteiger partial charge in [0, 0.05) is 17.0 Å². The fraction of sp³-hybridized carbons (Fsp3) is 0.412. The van der Waals surface area contributed by atoms with Crippen LogP contribution in [0, 0.1) is 5.92 Å². The Balaban J connectivity index is 1.82. The average Bonchev–Trinajstić information content (AvgIpc) is 3.27. The molecule has 1 aliphatic carbocycles. The molecule has 0 heterocycles. The number of hydrogen-bond donors (Lipinski definition) is 1. The van der Waals surface area contributed by atoms with Crippen LogP contribution in [0.5, 0.6) is 5.75 Å². The SMILES string of the molecule is CC(N)c1ccc2ccccc2c1OCOCC1CC1. The molecule has 106 valence electrons. The third-order valence-electron chi connectivity index (χ3n) is 3.74. The summed E-state index contributed by atoms with van der Waals surface area (Å²) in [6.07, 6.45) is 2.58. The highest BCUT2D eigenvalue weighted by Crippen LogP contribution is 2.33. The van der Waals surface area contributed by atoms with E-state index in [1.54, 1.807) is 0 Å². The largest absolute Gasteiger partial charge is 0.467 e. The third kappa shape index (κ3) is 2.94. The summed E-state index contributed by atoms with van der Waals surface area (Å²) in [6, 6.07) is 12.3. The molecule has 1 unspecified atom stereocenters. The second kappa shape index (κ2) is 5.81. The lowest BCUT2D eigenvalue weighted by Crippen LogP contribution is -2.11. The van der Waals surface area contributed by atoms with Gasteiger partial charge in [-0.2, -0.15) is 0 Å². The van der Waals surface area contributed by atoms with Crippen molar-refractivity contribution in [3.8, 4) is 5.75 Å². The number of nitrogens with two attached hydrogens (primary N) is 1.